The maximum atomic E-state index is 11.7. The predicted octanol–water partition coefficient (Wildman–Crippen LogP) is 1.76. The van der Waals surface area contributed by atoms with Crippen molar-refractivity contribution in [2.24, 2.45) is 17.1 Å². The highest BCUT2D eigenvalue weighted by molar-refractivity contribution is 5.83. The molecule has 4 N–H and O–H groups in total. The van der Waals surface area contributed by atoms with E-state index in [0.717, 1.165) is 12.8 Å². The van der Waals surface area contributed by atoms with Gasteiger partial charge in [0.1, 0.15) is 6.04 Å². The predicted molar refractivity (Wildman–Crippen MR) is 75.7 cm³/mol. The summed E-state index contributed by atoms with van der Waals surface area (Å²) >= 11 is 0. The van der Waals surface area contributed by atoms with E-state index in [2.05, 4.69) is 26.1 Å². The second kappa shape index (κ2) is 8.15. The minimum atomic E-state index is -0.981. The Bertz CT molecular complexity index is 298. The summed E-state index contributed by atoms with van der Waals surface area (Å²) in [6.45, 7) is 8.76. The Morgan fingerprint density at radius 1 is 1.26 bits per heavy atom. The third-order valence-electron chi connectivity index (χ3n) is 3.50. The molecule has 5 heteroatoms. The number of carboxylic acids is 1. The van der Waals surface area contributed by atoms with Gasteiger partial charge in [-0.1, -0.05) is 27.7 Å². The molecule has 0 aliphatic carbocycles. The van der Waals surface area contributed by atoms with Gasteiger partial charge >= 0.3 is 5.97 Å². The van der Waals surface area contributed by atoms with Gasteiger partial charge in [0, 0.05) is 6.42 Å². The standard InChI is InChI=1S/C14H28N2O3/c1-5-11(13(18)19)16-12(17)7-6-10(8-9-15)14(2,3)4/h10-11H,5-9,15H2,1-4H3,(H,16,17)(H,18,19)/t10?,11-/m0/s1. The second-order valence-corrected chi connectivity index (χ2v) is 6.05. The summed E-state index contributed by atoms with van der Waals surface area (Å²) in [7, 11) is 0. The van der Waals surface area contributed by atoms with Gasteiger partial charge in [0.25, 0.3) is 0 Å². The molecule has 0 bridgehead atoms. The molecule has 0 spiro atoms. The van der Waals surface area contributed by atoms with Gasteiger partial charge < -0.3 is 16.2 Å². The van der Waals surface area contributed by atoms with Crippen molar-refractivity contribution < 1.29 is 14.7 Å². The molecule has 0 saturated heterocycles. The summed E-state index contributed by atoms with van der Waals surface area (Å²) in [5, 5.41) is 11.4. The van der Waals surface area contributed by atoms with Crippen molar-refractivity contribution >= 4 is 11.9 Å². The molecule has 0 aromatic carbocycles. The number of carbonyl (C=O) groups excluding carboxylic acids is 1. The topological polar surface area (TPSA) is 92.4 Å². The van der Waals surface area contributed by atoms with Crippen molar-refractivity contribution in [1.82, 2.24) is 5.32 Å². The van der Waals surface area contributed by atoms with Crippen LogP contribution in [0.5, 0.6) is 0 Å². The van der Waals surface area contributed by atoms with Gasteiger partial charge in [-0.2, -0.15) is 0 Å². The largest absolute Gasteiger partial charge is 0.480 e. The fraction of sp³-hybridized carbons (Fsp3) is 0.857. The van der Waals surface area contributed by atoms with Gasteiger partial charge in [-0.3, -0.25) is 4.79 Å². The van der Waals surface area contributed by atoms with Crippen molar-refractivity contribution in [2.45, 2.75) is 59.4 Å². The van der Waals surface area contributed by atoms with Crippen LogP contribution in [-0.2, 0) is 9.59 Å². The van der Waals surface area contributed by atoms with Crippen LogP contribution >= 0.6 is 0 Å². The summed E-state index contributed by atoms with van der Waals surface area (Å²) in [6, 6.07) is -0.782. The average molecular weight is 272 g/mol. The van der Waals surface area contributed by atoms with Crippen LogP contribution in [0.1, 0.15) is 53.4 Å². The maximum absolute atomic E-state index is 11.7. The van der Waals surface area contributed by atoms with Crippen LogP contribution in [0.25, 0.3) is 0 Å². The van der Waals surface area contributed by atoms with Gasteiger partial charge in [0.15, 0.2) is 0 Å². The van der Waals surface area contributed by atoms with Crippen molar-refractivity contribution in [2.75, 3.05) is 6.54 Å². The zero-order valence-electron chi connectivity index (χ0n) is 12.5. The molecule has 0 fully saturated rings. The van der Waals surface area contributed by atoms with E-state index in [1.807, 2.05) is 0 Å². The summed E-state index contributed by atoms with van der Waals surface area (Å²) in [5.74, 6) is -0.807. The SMILES string of the molecule is CC[C@H](NC(=O)CCC(CCN)C(C)(C)C)C(=O)O. The van der Waals surface area contributed by atoms with Gasteiger partial charge in [0.05, 0.1) is 0 Å². The first-order chi connectivity index (χ1) is 8.72. The number of carboxylic acid groups (broad SMARTS) is 1. The number of hydrogen-bond donors (Lipinski definition) is 3. The number of amides is 1. The van der Waals surface area contributed by atoms with Crippen LogP contribution in [0, 0.1) is 11.3 Å². The second-order valence-electron chi connectivity index (χ2n) is 6.05. The molecule has 0 saturated carbocycles. The highest BCUT2D eigenvalue weighted by Crippen LogP contribution is 2.31. The molecule has 2 atom stereocenters. The quantitative estimate of drug-likeness (QED) is 0.627. The normalized spacial score (nSPS) is 14.8. The highest BCUT2D eigenvalue weighted by atomic mass is 16.4. The van der Waals surface area contributed by atoms with E-state index in [-0.39, 0.29) is 11.3 Å². The fourth-order valence-corrected chi connectivity index (χ4v) is 2.12. The molecule has 0 aliphatic rings. The van der Waals surface area contributed by atoms with Crippen molar-refractivity contribution in [1.29, 1.82) is 0 Å². The van der Waals surface area contributed by atoms with Crippen LogP contribution in [0.4, 0.5) is 0 Å². The lowest BCUT2D eigenvalue weighted by Crippen LogP contribution is -2.40. The minimum absolute atomic E-state index is 0.108. The van der Waals surface area contributed by atoms with Crippen molar-refractivity contribution in [3.8, 4) is 0 Å². The minimum Gasteiger partial charge on any atom is -0.480 e. The maximum Gasteiger partial charge on any atom is 0.326 e. The molecule has 0 aromatic heterocycles. The number of rotatable bonds is 8. The van der Waals surface area contributed by atoms with Gasteiger partial charge in [-0.25, -0.2) is 4.79 Å². The third-order valence-corrected chi connectivity index (χ3v) is 3.50. The number of nitrogens with two attached hydrogens (primary N) is 1. The van der Waals surface area contributed by atoms with E-state index >= 15 is 0 Å². The summed E-state index contributed by atoms with van der Waals surface area (Å²) in [6.07, 6.45) is 2.37. The van der Waals surface area contributed by atoms with Crippen LogP contribution in [-0.4, -0.2) is 29.6 Å². The first-order valence-electron chi connectivity index (χ1n) is 6.94. The third kappa shape index (κ3) is 7.15. The van der Waals surface area contributed by atoms with Gasteiger partial charge in [-0.15, -0.1) is 0 Å². The van der Waals surface area contributed by atoms with Gasteiger partial charge in [-0.05, 0) is 37.1 Å². The monoisotopic (exact) mass is 272 g/mol. The van der Waals surface area contributed by atoms with E-state index in [1.54, 1.807) is 6.92 Å². The summed E-state index contributed by atoms with van der Waals surface area (Å²) < 4.78 is 0. The van der Waals surface area contributed by atoms with E-state index in [0.29, 0.717) is 25.3 Å². The smallest absolute Gasteiger partial charge is 0.326 e. The van der Waals surface area contributed by atoms with E-state index in [1.165, 1.54) is 0 Å². The number of aliphatic carboxylic acids is 1. The van der Waals surface area contributed by atoms with E-state index in [4.69, 9.17) is 10.8 Å². The zero-order chi connectivity index (χ0) is 15.1. The van der Waals surface area contributed by atoms with Crippen LogP contribution < -0.4 is 11.1 Å². The Morgan fingerprint density at radius 3 is 2.21 bits per heavy atom. The lowest BCUT2D eigenvalue weighted by molar-refractivity contribution is -0.142. The molecule has 19 heavy (non-hydrogen) atoms. The first-order valence-corrected chi connectivity index (χ1v) is 6.94. The molecule has 1 amide bonds. The number of carbonyl (C=O) groups is 2. The lowest BCUT2D eigenvalue weighted by Gasteiger charge is -2.30. The van der Waals surface area contributed by atoms with Crippen LogP contribution in [0.15, 0.2) is 0 Å². The van der Waals surface area contributed by atoms with Crippen molar-refractivity contribution in [3.05, 3.63) is 0 Å². The Morgan fingerprint density at radius 2 is 1.84 bits per heavy atom. The number of nitrogens with one attached hydrogen (secondary N) is 1. The molecule has 0 aliphatic heterocycles. The average Bonchev–Trinajstić information content (AvgIpc) is 2.29. The Hall–Kier alpha value is -1.10. The molecule has 0 heterocycles. The summed E-state index contributed by atoms with van der Waals surface area (Å²) in [5.41, 5.74) is 5.70. The Labute approximate surface area is 115 Å². The zero-order valence-corrected chi connectivity index (χ0v) is 12.5. The first kappa shape index (κ1) is 17.9. The van der Waals surface area contributed by atoms with Crippen molar-refractivity contribution in [3.63, 3.8) is 0 Å². The highest BCUT2D eigenvalue weighted by Gasteiger charge is 2.25. The van der Waals surface area contributed by atoms with Gasteiger partial charge in [0.2, 0.25) is 5.91 Å². The molecular weight excluding hydrogens is 244 g/mol. The summed E-state index contributed by atoms with van der Waals surface area (Å²) in [4.78, 5) is 22.6. The molecule has 0 radical (unpaired) electrons. The lowest BCUT2D eigenvalue weighted by atomic mass is 9.76. The molecule has 112 valence electrons. The fourth-order valence-electron chi connectivity index (χ4n) is 2.12. The molecule has 1 unspecified atom stereocenters. The van der Waals surface area contributed by atoms with Crippen LogP contribution in [0.2, 0.25) is 0 Å². The van der Waals surface area contributed by atoms with E-state index < -0.39 is 12.0 Å². The molecular formula is C14H28N2O3. The molecule has 0 rings (SSSR count). The molecule has 5 nitrogen and oxygen atoms in total. The molecule has 0 aromatic rings. The Balaban J connectivity index is 4.29. The Kier molecular flexibility index (Phi) is 7.68. The van der Waals surface area contributed by atoms with Crippen LogP contribution in [0.3, 0.4) is 0 Å². The van der Waals surface area contributed by atoms with E-state index in [9.17, 15) is 9.59 Å². The number of hydrogen-bond acceptors (Lipinski definition) is 3.